The maximum Gasteiger partial charge on any atom is 0.211 e. The Kier molecular flexibility index (Phi) is 7.35. The Labute approximate surface area is 143 Å². The first kappa shape index (κ1) is 22.9. The Morgan fingerprint density at radius 3 is 1.74 bits per heavy atom. The summed E-state index contributed by atoms with van der Waals surface area (Å²) in [5.74, 6) is 0.371. The molecule has 1 atom stereocenters. The first-order valence-corrected chi connectivity index (χ1v) is 11.7. The van der Waals surface area contributed by atoms with Crippen LogP contribution in [0.2, 0.25) is 0 Å². The highest BCUT2D eigenvalue weighted by Gasteiger charge is 2.39. The minimum Gasteiger partial charge on any atom is -0.229 e. The fraction of sp³-hybridized carbons (Fsp3) is 1.00. The predicted octanol–water partition coefficient (Wildman–Crippen LogP) is 2.92. The Morgan fingerprint density at radius 2 is 1.43 bits per heavy atom. The van der Waals surface area contributed by atoms with Crippen molar-refractivity contribution in [1.82, 2.24) is 4.31 Å². The molecule has 0 heterocycles. The van der Waals surface area contributed by atoms with Crippen LogP contribution in [0.4, 0.5) is 0 Å². The van der Waals surface area contributed by atoms with Gasteiger partial charge in [-0.05, 0) is 38.0 Å². The van der Waals surface area contributed by atoms with Gasteiger partial charge in [0.2, 0.25) is 10.0 Å². The SMILES string of the molecule is CCC(CC(C)(C)N(C)S(C)(=O)=O)S(=O)(=O)CC(C)(C)C(C)C. The third-order valence-corrected chi connectivity index (χ3v) is 9.33. The van der Waals surface area contributed by atoms with Crippen molar-refractivity contribution in [2.24, 2.45) is 11.3 Å². The highest BCUT2D eigenvalue weighted by atomic mass is 32.2. The van der Waals surface area contributed by atoms with Crippen LogP contribution in [0, 0.1) is 11.3 Å². The lowest BCUT2D eigenvalue weighted by Gasteiger charge is -2.37. The molecule has 7 heteroatoms. The van der Waals surface area contributed by atoms with E-state index in [1.165, 1.54) is 11.4 Å². The van der Waals surface area contributed by atoms with Gasteiger partial charge in [-0.15, -0.1) is 0 Å². The Bertz CT molecular complexity index is 590. The van der Waals surface area contributed by atoms with Gasteiger partial charge in [-0.25, -0.2) is 16.8 Å². The van der Waals surface area contributed by atoms with Crippen LogP contribution in [0.25, 0.3) is 0 Å². The molecule has 0 rings (SSSR count). The van der Waals surface area contributed by atoms with Crippen molar-refractivity contribution in [3.8, 4) is 0 Å². The molecule has 0 aliphatic carbocycles. The fourth-order valence-electron chi connectivity index (χ4n) is 2.46. The van der Waals surface area contributed by atoms with Crippen molar-refractivity contribution < 1.29 is 16.8 Å². The number of hydrogen-bond acceptors (Lipinski definition) is 4. The van der Waals surface area contributed by atoms with Crippen LogP contribution in [-0.2, 0) is 19.9 Å². The normalized spacial score (nSPS) is 16.1. The second kappa shape index (κ2) is 7.40. The third kappa shape index (κ3) is 6.35. The molecule has 5 nitrogen and oxygen atoms in total. The summed E-state index contributed by atoms with van der Waals surface area (Å²) in [6.07, 6.45) is 1.92. The van der Waals surface area contributed by atoms with Gasteiger partial charge in [0.05, 0.1) is 17.3 Å². The van der Waals surface area contributed by atoms with Crippen LogP contribution >= 0.6 is 0 Å². The smallest absolute Gasteiger partial charge is 0.211 e. The van der Waals surface area contributed by atoms with E-state index in [4.69, 9.17) is 0 Å². The van der Waals surface area contributed by atoms with Gasteiger partial charge < -0.3 is 0 Å². The van der Waals surface area contributed by atoms with Gasteiger partial charge in [0, 0.05) is 12.6 Å². The lowest BCUT2D eigenvalue weighted by Crippen LogP contribution is -2.48. The molecule has 0 fully saturated rings. The van der Waals surface area contributed by atoms with E-state index in [0.29, 0.717) is 12.8 Å². The molecule has 0 aromatic heterocycles. The summed E-state index contributed by atoms with van der Waals surface area (Å²) in [7, 11) is -5.17. The summed E-state index contributed by atoms with van der Waals surface area (Å²) in [5.41, 5.74) is -1.05. The number of sulfonamides is 1. The van der Waals surface area contributed by atoms with Gasteiger partial charge in [0.15, 0.2) is 9.84 Å². The minimum atomic E-state index is -3.37. The number of nitrogens with zero attached hydrogens (tertiary/aromatic N) is 1. The molecule has 0 aliphatic heterocycles. The van der Waals surface area contributed by atoms with E-state index >= 15 is 0 Å². The van der Waals surface area contributed by atoms with Gasteiger partial charge in [-0.3, -0.25) is 0 Å². The van der Waals surface area contributed by atoms with Gasteiger partial charge in [-0.1, -0.05) is 34.6 Å². The average Bonchev–Trinajstić information content (AvgIpc) is 2.32. The van der Waals surface area contributed by atoms with Crippen molar-refractivity contribution in [1.29, 1.82) is 0 Å². The van der Waals surface area contributed by atoms with Crippen LogP contribution < -0.4 is 0 Å². The predicted molar refractivity (Wildman–Crippen MR) is 97.8 cm³/mol. The highest BCUT2D eigenvalue weighted by molar-refractivity contribution is 7.92. The Hall–Kier alpha value is -0.140. The monoisotopic (exact) mass is 369 g/mol. The van der Waals surface area contributed by atoms with E-state index in [1.807, 2.05) is 34.6 Å². The Balaban J connectivity index is 5.46. The van der Waals surface area contributed by atoms with Crippen LogP contribution in [0.1, 0.15) is 61.3 Å². The van der Waals surface area contributed by atoms with E-state index in [2.05, 4.69) is 0 Å². The molecular formula is C16H35NO4S2. The summed E-state index contributed by atoms with van der Waals surface area (Å²) >= 11 is 0. The summed E-state index contributed by atoms with van der Waals surface area (Å²) in [5, 5.41) is -0.542. The molecule has 0 aromatic rings. The molecule has 0 saturated heterocycles. The summed E-state index contributed by atoms with van der Waals surface area (Å²) in [4.78, 5) is 0. The molecule has 0 radical (unpaired) electrons. The fourth-order valence-corrected chi connectivity index (χ4v) is 6.21. The molecule has 23 heavy (non-hydrogen) atoms. The standard InChI is InChI=1S/C16H35NO4S2/c1-10-14(11-16(6,7)17(8)22(9,18)19)23(20,21)12-15(4,5)13(2)3/h13-14H,10-12H2,1-9H3. The molecule has 0 amide bonds. The largest absolute Gasteiger partial charge is 0.229 e. The molecule has 0 saturated carbocycles. The Morgan fingerprint density at radius 1 is 1.00 bits per heavy atom. The minimum absolute atomic E-state index is 0.120. The van der Waals surface area contributed by atoms with E-state index in [-0.39, 0.29) is 17.1 Å². The molecule has 0 bridgehead atoms. The van der Waals surface area contributed by atoms with Gasteiger partial charge >= 0.3 is 0 Å². The van der Waals surface area contributed by atoms with E-state index < -0.39 is 30.6 Å². The summed E-state index contributed by atoms with van der Waals surface area (Å²) in [6.45, 7) is 13.4. The van der Waals surface area contributed by atoms with E-state index in [9.17, 15) is 16.8 Å². The third-order valence-electron chi connectivity index (χ3n) is 5.18. The average molecular weight is 370 g/mol. The lowest BCUT2D eigenvalue weighted by atomic mass is 9.83. The molecule has 0 aliphatic rings. The first-order chi connectivity index (χ1) is 9.97. The van der Waals surface area contributed by atoms with Crippen LogP contribution in [0.15, 0.2) is 0 Å². The molecule has 0 aromatic carbocycles. The maximum atomic E-state index is 12.9. The van der Waals surface area contributed by atoms with E-state index in [1.54, 1.807) is 13.8 Å². The summed E-state index contributed by atoms with van der Waals surface area (Å²) in [6, 6.07) is 0. The number of sulfone groups is 1. The van der Waals surface area contributed by atoms with Crippen LogP contribution in [0.5, 0.6) is 0 Å². The molecule has 140 valence electrons. The zero-order valence-corrected chi connectivity index (χ0v) is 17.8. The lowest BCUT2D eigenvalue weighted by molar-refractivity contribution is 0.242. The number of hydrogen-bond donors (Lipinski definition) is 0. The number of rotatable bonds is 9. The summed E-state index contributed by atoms with van der Waals surface area (Å²) < 4.78 is 50.6. The quantitative estimate of drug-likeness (QED) is 0.626. The molecular weight excluding hydrogens is 334 g/mol. The zero-order valence-electron chi connectivity index (χ0n) is 16.2. The zero-order chi connectivity index (χ0) is 18.9. The highest BCUT2D eigenvalue weighted by Crippen LogP contribution is 2.33. The second-order valence-electron chi connectivity index (χ2n) is 8.23. The maximum absolute atomic E-state index is 12.9. The van der Waals surface area contributed by atoms with Crippen molar-refractivity contribution in [2.75, 3.05) is 19.1 Å². The van der Waals surface area contributed by atoms with Crippen molar-refractivity contribution in [3.63, 3.8) is 0 Å². The van der Waals surface area contributed by atoms with Crippen molar-refractivity contribution in [2.45, 2.75) is 72.1 Å². The molecule has 0 N–H and O–H groups in total. The van der Waals surface area contributed by atoms with Gasteiger partial charge in [-0.2, -0.15) is 4.31 Å². The molecule has 1 unspecified atom stereocenters. The van der Waals surface area contributed by atoms with Gasteiger partial charge in [0.25, 0.3) is 0 Å². The first-order valence-electron chi connectivity index (χ1n) is 8.13. The topological polar surface area (TPSA) is 71.5 Å². The van der Waals surface area contributed by atoms with E-state index in [0.717, 1.165) is 6.26 Å². The second-order valence-corrected chi connectivity index (χ2v) is 12.5. The van der Waals surface area contributed by atoms with Crippen molar-refractivity contribution >= 4 is 19.9 Å². The van der Waals surface area contributed by atoms with Gasteiger partial charge in [0.1, 0.15) is 0 Å². The van der Waals surface area contributed by atoms with Crippen molar-refractivity contribution in [3.05, 3.63) is 0 Å². The van der Waals surface area contributed by atoms with Crippen LogP contribution in [-0.4, -0.2) is 51.0 Å². The molecule has 0 spiro atoms. The van der Waals surface area contributed by atoms with Crippen LogP contribution in [0.3, 0.4) is 0 Å².